The quantitative estimate of drug-likeness (QED) is 0.695. The summed E-state index contributed by atoms with van der Waals surface area (Å²) in [7, 11) is 0. The minimum absolute atomic E-state index is 0. The van der Waals surface area contributed by atoms with Crippen LogP contribution < -0.4 is 5.73 Å². The maximum Gasteiger partial charge on any atom is 0.253 e. The van der Waals surface area contributed by atoms with Crippen molar-refractivity contribution in [3.63, 3.8) is 0 Å². The van der Waals surface area contributed by atoms with Crippen LogP contribution in [0.1, 0.15) is 30.6 Å². The van der Waals surface area contributed by atoms with Gasteiger partial charge in [-0.15, -0.1) is 12.4 Å². The Balaban J connectivity index is 0.00000200. The number of carbonyl (C=O) groups is 1. The summed E-state index contributed by atoms with van der Waals surface area (Å²) in [5.41, 5.74) is 6.71. The molecule has 0 saturated carbocycles. The average Bonchev–Trinajstić information content (AvgIpc) is 2.35. The average molecular weight is 429 g/mol. The van der Waals surface area contributed by atoms with Crippen molar-refractivity contribution >= 4 is 52.5 Å². The summed E-state index contributed by atoms with van der Waals surface area (Å²) in [6, 6.07) is 5.60. The molecule has 1 aliphatic heterocycles. The zero-order valence-electron chi connectivity index (χ0n) is 11.5. The first-order valence-electron chi connectivity index (χ1n) is 6.31. The molecule has 1 saturated heterocycles. The van der Waals surface area contributed by atoms with Gasteiger partial charge < -0.3 is 10.6 Å². The Kier molecular flexibility index (Phi) is 6.14. The number of nitrogens with zero attached hydrogens (tertiary/aromatic N) is 1. The number of nitrogens with two attached hydrogens (primary N) is 1. The van der Waals surface area contributed by atoms with Gasteiger partial charge in [-0.25, -0.2) is 0 Å². The van der Waals surface area contributed by atoms with Crippen molar-refractivity contribution in [2.75, 3.05) is 13.1 Å². The number of halogens is 3. The molecule has 2 rings (SSSR count). The molecule has 1 aliphatic rings. The molecular weight excluding hydrogens is 410 g/mol. The molecule has 1 unspecified atom stereocenters. The second-order valence-corrected chi connectivity index (χ2v) is 7.31. The zero-order valence-corrected chi connectivity index (χ0v) is 15.3. The van der Waals surface area contributed by atoms with Gasteiger partial charge in [0.15, 0.2) is 0 Å². The van der Waals surface area contributed by atoms with E-state index in [0.717, 1.165) is 9.99 Å². The van der Waals surface area contributed by atoms with E-state index in [1.807, 2.05) is 17.0 Å². The SMILES string of the molecule is CC1(C)CN(C(=O)c2ccc(I)c(Cl)c2)CCC1N.Cl. The molecule has 1 aromatic carbocycles. The van der Waals surface area contributed by atoms with Crippen LogP contribution in [-0.2, 0) is 0 Å². The molecule has 1 atom stereocenters. The molecule has 0 radical (unpaired) electrons. The summed E-state index contributed by atoms with van der Waals surface area (Å²) in [5, 5.41) is 0.624. The van der Waals surface area contributed by atoms with E-state index < -0.39 is 0 Å². The van der Waals surface area contributed by atoms with E-state index in [1.54, 1.807) is 6.07 Å². The molecule has 0 aliphatic carbocycles. The van der Waals surface area contributed by atoms with Crippen molar-refractivity contribution in [3.05, 3.63) is 32.4 Å². The number of amides is 1. The molecule has 0 spiro atoms. The van der Waals surface area contributed by atoms with Gasteiger partial charge >= 0.3 is 0 Å². The van der Waals surface area contributed by atoms with Gasteiger partial charge in [0.25, 0.3) is 5.91 Å². The largest absolute Gasteiger partial charge is 0.338 e. The summed E-state index contributed by atoms with van der Waals surface area (Å²) in [6.45, 7) is 5.62. The lowest BCUT2D eigenvalue weighted by atomic mass is 9.79. The third-order valence-electron chi connectivity index (χ3n) is 3.77. The maximum absolute atomic E-state index is 12.5. The van der Waals surface area contributed by atoms with Crippen molar-refractivity contribution in [2.45, 2.75) is 26.3 Å². The van der Waals surface area contributed by atoms with E-state index in [0.29, 0.717) is 23.7 Å². The number of benzene rings is 1. The lowest BCUT2D eigenvalue weighted by Crippen LogP contribution is -2.54. The minimum atomic E-state index is -0.0408. The van der Waals surface area contributed by atoms with Crippen molar-refractivity contribution in [1.82, 2.24) is 4.90 Å². The highest BCUT2D eigenvalue weighted by atomic mass is 127. The van der Waals surface area contributed by atoms with E-state index in [-0.39, 0.29) is 29.8 Å². The summed E-state index contributed by atoms with van der Waals surface area (Å²) in [5.74, 6) is 0.0401. The van der Waals surface area contributed by atoms with E-state index >= 15 is 0 Å². The van der Waals surface area contributed by atoms with Crippen LogP contribution in [0.4, 0.5) is 0 Å². The zero-order chi connectivity index (χ0) is 14.2. The van der Waals surface area contributed by atoms with Crippen LogP contribution in [0.25, 0.3) is 0 Å². The highest BCUT2D eigenvalue weighted by molar-refractivity contribution is 14.1. The number of rotatable bonds is 1. The van der Waals surface area contributed by atoms with E-state index in [2.05, 4.69) is 36.4 Å². The Labute approximate surface area is 144 Å². The lowest BCUT2D eigenvalue weighted by Gasteiger charge is -2.42. The van der Waals surface area contributed by atoms with Crippen molar-refractivity contribution < 1.29 is 4.79 Å². The molecule has 1 aromatic rings. The monoisotopic (exact) mass is 428 g/mol. The van der Waals surface area contributed by atoms with E-state index in [1.165, 1.54) is 0 Å². The van der Waals surface area contributed by atoms with Crippen LogP contribution >= 0.6 is 46.6 Å². The van der Waals surface area contributed by atoms with Gasteiger partial charge in [-0.2, -0.15) is 0 Å². The van der Waals surface area contributed by atoms with E-state index in [4.69, 9.17) is 17.3 Å². The summed E-state index contributed by atoms with van der Waals surface area (Å²) in [6.07, 6.45) is 0.844. The van der Waals surface area contributed by atoms with Gasteiger partial charge in [0.2, 0.25) is 0 Å². The molecule has 2 N–H and O–H groups in total. The van der Waals surface area contributed by atoms with Crippen LogP contribution in [0.2, 0.25) is 5.02 Å². The number of piperidine rings is 1. The molecule has 6 heteroatoms. The van der Waals surface area contributed by atoms with Crippen LogP contribution in [0.5, 0.6) is 0 Å². The Morgan fingerprint density at radius 1 is 1.50 bits per heavy atom. The van der Waals surface area contributed by atoms with Crippen LogP contribution in [0.3, 0.4) is 0 Å². The molecule has 1 heterocycles. The second kappa shape index (κ2) is 6.81. The van der Waals surface area contributed by atoms with Crippen LogP contribution in [0.15, 0.2) is 18.2 Å². The second-order valence-electron chi connectivity index (χ2n) is 5.74. The fraction of sp³-hybridized carbons (Fsp3) is 0.500. The molecule has 0 aromatic heterocycles. The van der Waals surface area contributed by atoms with Crippen molar-refractivity contribution in [3.8, 4) is 0 Å². The first-order valence-corrected chi connectivity index (χ1v) is 7.77. The topological polar surface area (TPSA) is 46.3 Å². The first-order chi connectivity index (χ1) is 8.81. The standard InChI is InChI=1S/C14H18ClIN2O.ClH/c1-14(2)8-18(6-5-12(14)17)13(19)9-3-4-11(16)10(15)7-9;/h3-4,7,12H,5-6,8,17H2,1-2H3;1H. The Morgan fingerprint density at radius 3 is 2.70 bits per heavy atom. The Morgan fingerprint density at radius 2 is 2.15 bits per heavy atom. The molecule has 0 bridgehead atoms. The van der Waals surface area contributed by atoms with Gasteiger partial charge in [0, 0.05) is 28.3 Å². The first kappa shape index (κ1) is 18.0. The molecule has 112 valence electrons. The maximum atomic E-state index is 12.5. The van der Waals surface area contributed by atoms with Gasteiger partial charge in [0.1, 0.15) is 0 Å². The fourth-order valence-electron chi connectivity index (χ4n) is 2.36. The number of hydrogen-bond acceptors (Lipinski definition) is 2. The van der Waals surface area contributed by atoms with Gasteiger partial charge in [0.05, 0.1) is 5.02 Å². The van der Waals surface area contributed by atoms with E-state index in [9.17, 15) is 4.79 Å². The van der Waals surface area contributed by atoms with Crippen LogP contribution in [0, 0.1) is 8.99 Å². The van der Waals surface area contributed by atoms with Crippen molar-refractivity contribution in [2.24, 2.45) is 11.1 Å². The smallest absolute Gasteiger partial charge is 0.253 e. The number of carbonyl (C=O) groups excluding carboxylic acids is 1. The minimum Gasteiger partial charge on any atom is -0.338 e. The summed E-state index contributed by atoms with van der Waals surface area (Å²) in [4.78, 5) is 14.4. The molecule has 1 amide bonds. The van der Waals surface area contributed by atoms with Crippen molar-refractivity contribution in [1.29, 1.82) is 0 Å². The number of likely N-dealkylation sites (tertiary alicyclic amines) is 1. The summed E-state index contributed by atoms with van der Waals surface area (Å²) >= 11 is 8.23. The van der Waals surface area contributed by atoms with Gasteiger partial charge in [-0.1, -0.05) is 25.4 Å². The highest BCUT2D eigenvalue weighted by Crippen LogP contribution is 2.29. The third-order valence-corrected chi connectivity index (χ3v) is 5.34. The number of hydrogen-bond donors (Lipinski definition) is 1. The lowest BCUT2D eigenvalue weighted by molar-refractivity contribution is 0.0533. The Hall–Kier alpha value is -0.0400. The fourth-order valence-corrected chi connectivity index (χ4v) is 2.88. The molecule has 20 heavy (non-hydrogen) atoms. The normalized spacial score (nSPS) is 21.2. The molecule has 1 fully saturated rings. The molecule has 3 nitrogen and oxygen atoms in total. The predicted molar refractivity (Wildman–Crippen MR) is 93.7 cm³/mol. The van der Waals surface area contributed by atoms with Crippen LogP contribution in [-0.4, -0.2) is 29.9 Å². The third kappa shape index (κ3) is 3.78. The predicted octanol–water partition coefficient (Wildman–Crippen LogP) is 3.57. The van der Waals surface area contributed by atoms with Gasteiger partial charge in [-0.05, 0) is 52.6 Å². The Bertz CT molecular complexity index is 508. The summed E-state index contributed by atoms with van der Waals surface area (Å²) < 4.78 is 0.955. The van der Waals surface area contributed by atoms with Gasteiger partial charge in [-0.3, -0.25) is 4.79 Å². The highest BCUT2D eigenvalue weighted by Gasteiger charge is 2.35. The molecular formula is C14H19Cl2IN2O.